The molecule has 0 spiro atoms. The van der Waals surface area contributed by atoms with Gasteiger partial charge in [0.05, 0.1) is 6.61 Å². The number of aliphatic hydroxyl groups excluding tert-OH is 2. The van der Waals surface area contributed by atoms with E-state index in [1.54, 1.807) is 0 Å². The van der Waals surface area contributed by atoms with E-state index < -0.39 is 19.3 Å². The summed E-state index contributed by atoms with van der Waals surface area (Å²) in [5.74, 6) is 0. The third-order valence-electron chi connectivity index (χ3n) is 0.403. The van der Waals surface area contributed by atoms with Gasteiger partial charge in [-0.25, -0.2) is 5.11 Å². The second kappa shape index (κ2) is 3.08. The van der Waals surface area contributed by atoms with E-state index >= 15 is 0 Å². The van der Waals surface area contributed by atoms with Crippen LogP contribution >= 0.6 is 0 Å². The number of hydrogen-bond donors (Lipinski definition) is 2. The van der Waals surface area contributed by atoms with Crippen molar-refractivity contribution in [3.63, 3.8) is 0 Å². The normalized spacial score (nSPS) is 10.0. The van der Waals surface area contributed by atoms with Crippen molar-refractivity contribution < 1.29 is 15.3 Å². The molecule has 0 rings (SSSR count). The average molecular weight is 91.1 g/mol. The van der Waals surface area contributed by atoms with Crippen molar-refractivity contribution in [3.05, 3.63) is 0 Å². The topological polar surface area (TPSA) is 60.4 Å². The average Bonchev–Trinajstić information content (AvgIpc) is 1.65. The highest BCUT2D eigenvalue weighted by Gasteiger charge is 1.95. The Morgan fingerprint density at radius 1 is 1.67 bits per heavy atom. The standard InChI is InChI=1S/C3H7O3/c4-1-3(6)2-5/h3-4,6H,1-2H2/t3-/m1/s1. The minimum absolute atomic E-state index is 0.427. The molecule has 1 atom stereocenters. The molecule has 0 aliphatic heterocycles. The zero-order valence-electron chi connectivity index (χ0n) is 3.29. The van der Waals surface area contributed by atoms with Gasteiger partial charge in [0.1, 0.15) is 12.7 Å². The third-order valence-corrected chi connectivity index (χ3v) is 0.403. The zero-order chi connectivity index (χ0) is 4.99. The monoisotopic (exact) mass is 91.0 g/mol. The Balaban J connectivity index is 2.75. The summed E-state index contributed by atoms with van der Waals surface area (Å²) in [4.78, 5) is 0. The molecule has 0 fully saturated rings. The van der Waals surface area contributed by atoms with Crippen molar-refractivity contribution in [1.29, 1.82) is 0 Å². The van der Waals surface area contributed by atoms with E-state index in [1.807, 2.05) is 0 Å². The van der Waals surface area contributed by atoms with Crippen LogP contribution in [0, 0.1) is 0 Å². The molecule has 0 unspecified atom stereocenters. The van der Waals surface area contributed by atoms with Crippen molar-refractivity contribution in [1.82, 2.24) is 0 Å². The van der Waals surface area contributed by atoms with Crippen LogP contribution in [0.2, 0.25) is 0 Å². The van der Waals surface area contributed by atoms with Gasteiger partial charge >= 0.3 is 0 Å². The molecule has 6 heavy (non-hydrogen) atoms. The van der Waals surface area contributed by atoms with E-state index in [0.29, 0.717) is 0 Å². The van der Waals surface area contributed by atoms with Gasteiger partial charge in [-0.2, -0.15) is 0 Å². The van der Waals surface area contributed by atoms with Crippen LogP contribution in [0.4, 0.5) is 0 Å². The summed E-state index contributed by atoms with van der Waals surface area (Å²) in [7, 11) is 0. The lowest BCUT2D eigenvalue weighted by atomic mass is 10.4. The number of hydrogen-bond acceptors (Lipinski definition) is 2. The zero-order valence-corrected chi connectivity index (χ0v) is 3.29. The SMILES string of the molecule is [O]C[C@H](O)CO. The van der Waals surface area contributed by atoms with Crippen molar-refractivity contribution in [2.45, 2.75) is 6.10 Å². The highest BCUT2D eigenvalue weighted by Crippen LogP contribution is 1.72. The van der Waals surface area contributed by atoms with Crippen molar-refractivity contribution in [3.8, 4) is 0 Å². The molecule has 0 saturated carbocycles. The van der Waals surface area contributed by atoms with E-state index in [9.17, 15) is 5.11 Å². The smallest absolute Gasteiger partial charge is 0.110 e. The van der Waals surface area contributed by atoms with Crippen LogP contribution in [0.1, 0.15) is 0 Å². The predicted octanol–water partition coefficient (Wildman–Crippen LogP) is -1.23. The fourth-order valence-electron chi connectivity index (χ4n) is 0.0527. The first-order valence-corrected chi connectivity index (χ1v) is 1.68. The quantitative estimate of drug-likeness (QED) is 0.447. The minimum Gasteiger partial charge on any atom is -0.394 e. The Morgan fingerprint density at radius 2 is 2.17 bits per heavy atom. The van der Waals surface area contributed by atoms with Gasteiger partial charge in [-0.1, -0.05) is 0 Å². The van der Waals surface area contributed by atoms with Gasteiger partial charge in [-0.15, -0.1) is 0 Å². The third kappa shape index (κ3) is 2.14. The second-order valence-electron chi connectivity index (χ2n) is 1.00. The largest absolute Gasteiger partial charge is 0.394 e. The van der Waals surface area contributed by atoms with Gasteiger partial charge in [-0.3, -0.25) is 0 Å². The van der Waals surface area contributed by atoms with Crippen LogP contribution in [0.25, 0.3) is 0 Å². The summed E-state index contributed by atoms with van der Waals surface area (Å²) in [6, 6.07) is 0. The molecular formula is C3H7O3. The highest BCUT2D eigenvalue weighted by molar-refractivity contribution is 4.43. The molecule has 3 heteroatoms. The first-order chi connectivity index (χ1) is 2.81. The summed E-state index contributed by atoms with van der Waals surface area (Å²) < 4.78 is 0. The molecule has 0 aromatic carbocycles. The van der Waals surface area contributed by atoms with Crippen LogP contribution in [-0.2, 0) is 5.11 Å². The molecular weight excluding hydrogens is 84.0 g/mol. The number of rotatable bonds is 2. The maximum atomic E-state index is 9.45. The van der Waals surface area contributed by atoms with Crippen molar-refractivity contribution >= 4 is 0 Å². The van der Waals surface area contributed by atoms with Crippen LogP contribution in [0.5, 0.6) is 0 Å². The Bertz CT molecular complexity index is 25.2. The summed E-state index contributed by atoms with van der Waals surface area (Å²) in [6.07, 6.45) is -1.06. The molecule has 0 aliphatic carbocycles. The molecule has 1 radical (unpaired) electrons. The minimum atomic E-state index is -1.06. The first-order valence-electron chi connectivity index (χ1n) is 1.68. The Kier molecular flexibility index (Phi) is 3.02. The fourth-order valence-corrected chi connectivity index (χ4v) is 0.0527. The molecule has 0 saturated heterocycles. The molecule has 3 nitrogen and oxygen atoms in total. The van der Waals surface area contributed by atoms with Gasteiger partial charge in [0, 0.05) is 0 Å². The lowest BCUT2D eigenvalue weighted by Crippen LogP contribution is -2.15. The maximum absolute atomic E-state index is 9.45. The van der Waals surface area contributed by atoms with E-state index in [4.69, 9.17) is 10.2 Å². The Morgan fingerprint density at radius 3 is 2.17 bits per heavy atom. The Labute approximate surface area is 35.9 Å². The van der Waals surface area contributed by atoms with Crippen molar-refractivity contribution in [2.24, 2.45) is 0 Å². The van der Waals surface area contributed by atoms with Gasteiger partial charge < -0.3 is 10.2 Å². The van der Waals surface area contributed by atoms with Gasteiger partial charge in [0.15, 0.2) is 0 Å². The molecule has 0 aromatic heterocycles. The molecule has 0 aliphatic rings. The molecule has 0 aromatic rings. The highest BCUT2D eigenvalue weighted by atomic mass is 16.3. The Hall–Kier alpha value is -0.120. The van der Waals surface area contributed by atoms with Crippen LogP contribution in [0.15, 0.2) is 0 Å². The van der Waals surface area contributed by atoms with Crippen molar-refractivity contribution in [2.75, 3.05) is 13.2 Å². The van der Waals surface area contributed by atoms with Gasteiger partial charge in [-0.05, 0) is 0 Å². The number of aliphatic hydroxyl groups is 2. The van der Waals surface area contributed by atoms with E-state index in [0.717, 1.165) is 0 Å². The lowest BCUT2D eigenvalue weighted by molar-refractivity contribution is 0.0177. The van der Waals surface area contributed by atoms with Gasteiger partial charge in [0.2, 0.25) is 0 Å². The molecule has 2 N–H and O–H groups in total. The van der Waals surface area contributed by atoms with Crippen LogP contribution in [-0.4, -0.2) is 29.5 Å². The first kappa shape index (κ1) is 5.88. The molecule has 37 valence electrons. The van der Waals surface area contributed by atoms with E-state index in [1.165, 1.54) is 0 Å². The summed E-state index contributed by atoms with van der Waals surface area (Å²) in [6.45, 7) is -1.04. The summed E-state index contributed by atoms with van der Waals surface area (Å²) >= 11 is 0. The molecule has 0 bridgehead atoms. The van der Waals surface area contributed by atoms with Crippen LogP contribution in [0.3, 0.4) is 0 Å². The second-order valence-corrected chi connectivity index (χ2v) is 1.00. The lowest BCUT2D eigenvalue weighted by Gasteiger charge is -1.95. The predicted molar refractivity (Wildman–Crippen MR) is 18.6 cm³/mol. The maximum Gasteiger partial charge on any atom is 0.110 e. The molecule has 0 heterocycles. The summed E-state index contributed by atoms with van der Waals surface area (Å²) in [5, 5.41) is 25.4. The fraction of sp³-hybridized carbons (Fsp3) is 1.00. The molecule has 0 amide bonds. The van der Waals surface area contributed by atoms with Crippen LogP contribution < -0.4 is 0 Å². The van der Waals surface area contributed by atoms with E-state index in [-0.39, 0.29) is 0 Å². The van der Waals surface area contributed by atoms with Gasteiger partial charge in [0.25, 0.3) is 0 Å². The summed E-state index contributed by atoms with van der Waals surface area (Å²) in [5.41, 5.74) is 0. The van der Waals surface area contributed by atoms with E-state index in [2.05, 4.69) is 0 Å².